The Morgan fingerprint density at radius 1 is 1.07 bits per heavy atom. The fourth-order valence-corrected chi connectivity index (χ4v) is 2.74. The Kier molecular flexibility index (Phi) is 7.49. The van der Waals surface area contributed by atoms with Gasteiger partial charge < -0.3 is 19.5 Å². The van der Waals surface area contributed by atoms with E-state index in [4.69, 9.17) is 4.74 Å². The van der Waals surface area contributed by atoms with E-state index < -0.39 is 23.1 Å². The fourth-order valence-electron chi connectivity index (χ4n) is 2.74. The molecule has 1 amide bonds. The second-order valence-electron chi connectivity index (χ2n) is 6.49. The maximum absolute atomic E-state index is 12.4. The van der Waals surface area contributed by atoms with Crippen LogP contribution in [0.4, 0.5) is 5.69 Å². The minimum absolute atomic E-state index is 0.158. The summed E-state index contributed by atoms with van der Waals surface area (Å²) in [5.41, 5.74) is -0.588. The molecule has 0 aliphatic rings. The first kappa shape index (κ1) is 22.1. The zero-order valence-corrected chi connectivity index (χ0v) is 17.1. The lowest BCUT2D eigenvalue weighted by molar-refractivity contribution is 0.0466. The topological polar surface area (TPSA) is 103 Å². The molecule has 1 aromatic heterocycles. The number of nitrogens with one attached hydrogen (secondary N) is 1. The van der Waals surface area contributed by atoms with Crippen molar-refractivity contribution in [1.82, 2.24) is 14.0 Å². The van der Waals surface area contributed by atoms with Gasteiger partial charge in [0.1, 0.15) is 12.2 Å². The van der Waals surface area contributed by atoms with Crippen molar-refractivity contribution in [2.45, 2.75) is 13.8 Å². The molecule has 1 N–H and O–H groups in total. The number of rotatable bonds is 8. The third kappa shape index (κ3) is 5.41. The number of benzene rings is 1. The summed E-state index contributed by atoms with van der Waals surface area (Å²) in [5.74, 6) is -1.09. The van der Waals surface area contributed by atoms with E-state index in [-0.39, 0.29) is 5.56 Å². The quantitative estimate of drug-likeness (QED) is 0.657. The molecule has 0 spiro atoms. The van der Waals surface area contributed by atoms with Gasteiger partial charge in [-0.1, -0.05) is 13.8 Å². The maximum Gasteiger partial charge on any atom is 0.338 e. The summed E-state index contributed by atoms with van der Waals surface area (Å²) in [7, 11) is 2.77. The molecule has 29 heavy (non-hydrogen) atoms. The molecule has 2 aromatic rings. The number of esters is 1. The number of hydrogen-bond donors (Lipinski definition) is 1. The fraction of sp³-hybridized carbons (Fsp3) is 0.400. The highest BCUT2D eigenvalue weighted by Gasteiger charge is 2.15. The van der Waals surface area contributed by atoms with Gasteiger partial charge in [0.05, 0.1) is 5.56 Å². The summed E-state index contributed by atoms with van der Waals surface area (Å²) < 4.78 is 7.29. The van der Waals surface area contributed by atoms with Crippen molar-refractivity contribution in [2.24, 2.45) is 14.1 Å². The number of anilines is 1. The first-order chi connectivity index (χ1) is 13.8. The Labute approximate surface area is 168 Å². The van der Waals surface area contributed by atoms with E-state index in [9.17, 15) is 19.2 Å². The Morgan fingerprint density at radius 2 is 1.69 bits per heavy atom. The molecule has 156 valence electrons. The van der Waals surface area contributed by atoms with Gasteiger partial charge in [0.15, 0.2) is 0 Å². The molecule has 9 heteroatoms. The minimum atomic E-state index is -0.681. The molecule has 0 saturated carbocycles. The van der Waals surface area contributed by atoms with Crippen LogP contribution in [0, 0.1) is 0 Å². The van der Waals surface area contributed by atoms with Crippen LogP contribution < -0.4 is 16.6 Å². The monoisotopic (exact) mass is 402 g/mol. The number of carbonyl (C=O) groups excluding carboxylic acids is 2. The third-order valence-electron chi connectivity index (χ3n) is 4.60. The maximum atomic E-state index is 12.4. The molecule has 0 unspecified atom stereocenters. The zero-order chi connectivity index (χ0) is 21.6. The summed E-state index contributed by atoms with van der Waals surface area (Å²) >= 11 is 0. The smallest absolute Gasteiger partial charge is 0.338 e. The Balaban J connectivity index is 2.02. The Bertz CT molecular complexity index is 987. The molecule has 2 rings (SSSR count). The molecular formula is C20H26N4O5. The molecule has 0 bridgehead atoms. The van der Waals surface area contributed by atoms with Gasteiger partial charge in [-0.15, -0.1) is 0 Å². The van der Waals surface area contributed by atoms with Crippen molar-refractivity contribution < 1.29 is 14.3 Å². The van der Waals surface area contributed by atoms with E-state index in [1.807, 2.05) is 13.8 Å². The molecule has 9 nitrogen and oxygen atoms in total. The summed E-state index contributed by atoms with van der Waals surface area (Å²) in [5, 5.41) is 2.59. The van der Waals surface area contributed by atoms with Crippen LogP contribution in [0.1, 0.15) is 34.6 Å². The summed E-state index contributed by atoms with van der Waals surface area (Å²) in [6.07, 6.45) is 1.20. The number of hydrogen-bond acceptors (Lipinski definition) is 6. The standard InChI is InChI=1S/C20H26N4O5/c1-5-24(6-2)11-12-29-19(27)14-7-9-15(10-8-14)21-17(25)16-13-22(3)20(28)23(4)18(16)26/h7-10,13H,5-6,11-12H2,1-4H3,(H,21,25). The lowest BCUT2D eigenvalue weighted by Crippen LogP contribution is -2.40. The van der Waals surface area contributed by atoms with Crippen LogP contribution in [0.15, 0.2) is 40.1 Å². The molecule has 0 saturated heterocycles. The van der Waals surface area contributed by atoms with Gasteiger partial charge in [-0.05, 0) is 37.4 Å². The number of ether oxygens (including phenoxy) is 1. The van der Waals surface area contributed by atoms with Crippen LogP contribution in [0.5, 0.6) is 0 Å². The number of aryl methyl sites for hydroxylation is 1. The number of likely N-dealkylation sites (N-methyl/N-ethyl adjacent to an activating group) is 1. The van der Waals surface area contributed by atoms with Gasteiger partial charge in [-0.25, -0.2) is 9.59 Å². The SMILES string of the molecule is CCN(CC)CCOC(=O)c1ccc(NC(=O)c2cn(C)c(=O)n(C)c2=O)cc1. The molecule has 0 fully saturated rings. The van der Waals surface area contributed by atoms with E-state index in [1.54, 1.807) is 12.1 Å². The zero-order valence-electron chi connectivity index (χ0n) is 17.1. The predicted octanol–water partition coefficient (Wildman–Crippen LogP) is 0.835. The highest BCUT2D eigenvalue weighted by molar-refractivity contribution is 6.04. The van der Waals surface area contributed by atoms with Crippen LogP contribution in [0.25, 0.3) is 0 Å². The van der Waals surface area contributed by atoms with E-state index in [1.165, 1.54) is 32.4 Å². The van der Waals surface area contributed by atoms with Gasteiger partial charge in [0.2, 0.25) is 0 Å². The van der Waals surface area contributed by atoms with Crippen molar-refractivity contribution in [3.8, 4) is 0 Å². The largest absolute Gasteiger partial charge is 0.461 e. The molecular weight excluding hydrogens is 376 g/mol. The van der Waals surface area contributed by atoms with Crippen LogP contribution in [0.3, 0.4) is 0 Å². The van der Waals surface area contributed by atoms with Crippen molar-refractivity contribution in [2.75, 3.05) is 31.6 Å². The lowest BCUT2D eigenvalue weighted by atomic mass is 10.2. The summed E-state index contributed by atoms with van der Waals surface area (Å²) in [6.45, 7) is 6.84. The van der Waals surface area contributed by atoms with Gasteiger partial charge in [-0.3, -0.25) is 14.2 Å². The Hall–Kier alpha value is -3.20. The highest BCUT2D eigenvalue weighted by atomic mass is 16.5. The van der Waals surface area contributed by atoms with E-state index in [2.05, 4.69) is 10.2 Å². The second kappa shape index (κ2) is 9.83. The predicted molar refractivity (Wildman–Crippen MR) is 109 cm³/mol. The van der Waals surface area contributed by atoms with E-state index in [0.29, 0.717) is 24.4 Å². The molecule has 1 heterocycles. The van der Waals surface area contributed by atoms with Crippen LogP contribution >= 0.6 is 0 Å². The Morgan fingerprint density at radius 3 is 2.28 bits per heavy atom. The first-order valence-electron chi connectivity index (χ1n) is 9.36. The molecule has 1 aromatic carbocycles. The average Bonchev–Trinajstić information content (AvgIpc) is 2.72. The van der Waals surface area contributed by atoms with Crippen molar-refractivity contribution >= 4 is 17.6 Å². The van der Waals surface area contributed by atoms with Crippen LogP contribution in [0.2, 0.25) is 0 Å². The number of carbonyl (C=O) groups is 2. The minimum Gasteiger partial charge on any atom is -0.461 e. The third-order valence-corrected chi connectivity index (χ3v) is 4.60. The normalized spacial score (nSPS) is 10.8. The van der Waals surface area contributed by atoms with Gasteiger partial charge in [-0.2, -0.15) is 0 Å². The lowest BCUT2D eigenvalue weighted by Gasteiger charge is -2.17. The van der Waals surface area contributed by atoms with E-state index in [0.717, 1.165) is 22.2 Å². The molecule has 0 atom stereocenters. The molecule has 0 radical (unpaired) electrons. The number of aromatic nitrogens is 2. The van der Waals surface area contributed by atoms with Gasteiger partial charge >= 0.3 is 11.7 Å². The van der Waals surface area contributed by atoms with Crippen molar-refractivity contribution in [1.29, 1.82) is 0 Å². The highest BCUT2D eigenvalue weighted by Crippen LogP contribution is 2.11. The second-order valence-corrected chi connectivity index (χ2v) is 6.49. The number of nitrogens with zero attached hydrogens (tertiary/aromatic N) is 3. The summed E-state index contributed by atoms with van der Waals surface area (Å²) in [6, 6.07) is 6.17. The van der Waals surface area contributed by atoms with Crippen LogP contribution in [-0.2, 0) is 18.8 Å². The van der Waals surface area contributed by atoms with Gasteiger partial charge in [0, 0.05) is 32.5 Å². The van der Waals surface area contributed by atoms with Gasteiger partial charge in [0.25, 0.3) is 11.5 Å². The average molecular weight is 402 g/mol. The van der Waals surface area contributed by atoms with Crippen molar-refractivity contribution in [3.05, 3.63) is 62.4 Å². The summed E-state index contributed by atoms with van der Waals surface area (Å²) in [4.78, 5) is 50.5. The van der Waals surface area contributed by atoms with E-state index >= 15 is 0 Å². The molecule has 0 aliphatic carbocycles. The van der Waals surface area contributed by atoms with Crippen molar-refractivity contribution in [3.63, 3.8) is 0 Å². The number of amides is 1. The molecule has 0 aliphatic heterocycles. The van der Waals surface area contributed by atoms with Crippen LogP contribution in [-0.4, -0.2) is 52.2 Å². The first-order valence-corrected chi connectivity index (χ1v) is 9.36.